The van der Waals surface area contributed by atoms with Crippen LogP contribution in [0.25, 0.3) is 0 Å². The van der Waals surface area contributed by atoms with Crippen LogP contribution in [0.4, 0.5) is 0 Å². The van der Waals surface area contributed by atoms with Gasteiger partial charge >= 0.3 is 0 Å². The van der Waals surface area contributed by atoms with Crippen molar-refractivity contribution in [1.82, 2.24) is 10.2 Å². The molecule has 0 aliphatic rings. The Hall–Kier alpha value is -1.17. The van der Waals surface area contributed by atoms with E-state index in [0.717, 1.165) is 30.0 Å². The number of ether oxygens (including phenoxy) is 2. The lowest BCUT2D eigenvalue weighted by molar-refractivity contribution is 0.280. The van der Waals surface area contributed by atoms with Crippen molar-refractivity contribution < 1.29 is 9.47 Å². The van der Waals surface area contributed by atoms with Gasteiger partial charge in [0.25, 0.3) is 0 Å². The third-order valence-corrected chi connectivity index (χ3v) is 3.81. The Morgan fingerprint density at radius 2 is 1.77 bits per heavy atom. The molecule has 2 rings (SSSR count). The average Bonchev–Trinajstić information content (AvgIpc) is 2.58. The maximum absolute atomic E-state index is 6.21. The van der Waals surface area contributed by atoms with Crippen molar-refractivity contribution >= 4 is 36.4 Å². The quantitative estimate of drug-likeness (QED) is 0.608. The third-order valence-electron chi connectivity index (χ3n) is 3.59. The summed E-state index contributed by atoms with van der Waals surface area (Å²) in [5, 5.41) is 4.06. The number of hydrogen-bond acceptors (Lipinski definition) is 4. The number of methoxy groups -OCH3 is 1. The number of rotatable bonds is 9. The van der Waals surface area contributed by atoms with E-state index in [4.69, 9.17) is 21.1 Å². The Morgan fingerprint density at radius 1 is 1.08 bits per heavy atom. The summed E-state index contributed by atoms with van der Waals surface area (Å²) in [4.78, 5) is 2.14. The molecule has 4 nitrogen and oxygen atoms in total. The van der Waals surface area contributed by atoms with E-state index in [1.807, 2.05) is 36.4 Å². The lowest BCUT2D eigenvalue weighted by Crippen LogP contribution is -2.26. The summed E-state index contributed by atoms with van der Waals surface area (Å²) >= 11 is 6.21. The molecule has 2 aromatic rings. The van der Waals surface area contributed by atoms with E-state index in [0.29, 0.717) is 23.9 Å². The molecular formula is C19H27Cl3N2O2. The van der Waals surface area contributed by atoms with Gasteiger partial charge in [-0.05, 0) is 25.7 Å². The van der Waals surface area contributed by atoms with Crippen LogP contribution in [0.2, 0.25) is 5.02 Å². The molecule has 26 heavy (non-hydrogen) atoms. The summed E-state index contributed by atoms with van der Waals surface area (Å²) in [7, 11) is 5.74. The van der Waals surface area contributed by atoms with Crippen LogP contribution in [-0.2, 0) is 13.2 Å². The fourth-order valence-corrected chi connectivity index (χ4v) is 2.56. The molecule has 0 aromatic heterocycles. The lowest BCUT2D eigenvalue weighted by atomic mass is 10.1. The predicted octanol–water partition coefficient (Wildman–Crippen LogP) is 4.42. The van der Waals surface area contributed by atoms with Gasteiger partial charge in [0, 0.05) is 36.3 Å². The number of nitrogens with one attached hydrogen (secondary N) is 1. The van der Waals surface area contributed by atoms with Gasteiger partial charge in [0.15, 0.2) is 11.5 Å². The Kier molecular flexibility index (Phi) is 12.5. The maximum atomic E-state index is 6.21. The van der Waals surface area contributed by atoms with Crippen LogP contribution in [-0.4, -0.2) is 39.2 Å². The monoisotopic (exact) mass is 420 g/mol. The summed E-state index contributed by atoms with van der Waals surface area (Å²) in [6, 6.07) is 13.8. The molecule has 0 heterocycles. The van der Waals surface area contributed by atoms with Gasteiger partial charge in [-0.15, -0.1) is 24.8 Å². The smallest absolute Gasteiger partial charge is 0.166 e. The van der Waals surface area contributed by atoms with Crippen molar-refractivity contribution in [1.29, 1.82) is 0 Å². The molecule has 0 radical (unpaired) electrons. The van der Waals surface area contributed by atoms with Crippen molar-refractivity contribution in [2.75, 3.05) is 34.3 Å². The number of halogens is 3. The maximum Gasteiger partial charge on any atom is 0.166 e. The first-order chi connectivity index (χ1) is 11.6. The molecule has 0 saturated heterocycles. The molecule has 0 atom stereocenters. The molecule has 0 amide bonds. The van der Waals surface area contributed by atoms with Gasteiger partial charge in [-0.1, -0.05) is 41.9 Å². The molecule has 0 spiro atoms. The molecular weight excluding hydrogens is 395 g/mol. The molecule has 146 valence electrons. The van der Waals surface area contributed by atoms with Gasteiger partial charge in [-0.3, -0.25) is 0 Å². The van der Waals surface area contributed by atoms with Gasteiger partial charge in [0.1, 0.15) is 6.61 Å². The second-order valence-electron chi connectivity index (χ2n) is 5.85. The molecule has 0 saturated carbocycles. The van der Waals surface area contributed by atoms with Crippen LogP contribution >= 0.6 is 36.4 Å². The van der Waals surface area contributed by atoms with Crippen LogP contribution in [0.15, 0.2) is 42.5 Å². The highest BCUT2D eigenvalue weighted by Gasteiger charge is 2.13. The summed E-state index contributed by atoms with van der Waals surface area (Å²) in [5.74, 6) is 1.39. The zero-order chi connectivity index (χ0) is 17.4. The molecule has 2 aromatic carbocycles. The predicted molar refractivity (Wildman–Crippen MR) is 114 cm³/mol. The van der Waals surface area contributed by atoms with Crippen molar-refractivity contribution in [3.05, 3.63) is 58.6 Å². The van der Waals surface area contributed by atoms with Crippen LogP contribution in [0, 0.1) is 0 Å². The minimum absolute atomic E-state index is 0. The molecule has 1 N–H and O–H groups in total. The summed E-state index contributed by atoms with van der Waals surface area (Å²) < 4.78 is 11.5. The van der Waals surface area contributed by atoms with Crippen molar-refractivity contribution in [3.63, 3.8) is 0 Å². The Labute approximate surface area is 173 Å². The second-order valence-corrected chi connectivity index (χ2v) is 6.29. The van der Waals surface area contributed by atoms with Crippen LogP contribution in [0.5, 0.6) is 11.5 Å². The fraction of sp³-hybridized carbons (Fsp3) is 0.368. The molecule has 0 unspecified atom stereocenters. The van der Waals surface area contributed by atoms with E-state index in [-0.39, 0.29) is 24.8 Å². The molecule has 0 aliphatic carbocycles. The molecule has 0 aliphatic heterocycles. The van der Waals surface area contributed by atoms with Crippen LogP contribution in [0.1, 0.15) is 11.1 Å². The Bertz CT molecular complexity index is 640. The van der Waals surface area contributed by atoms with Crippen LogP contribution in [0.3, 0.4) is 0 Å². The largest absolute Gasteiger partial charge is 0.493 e. The Balaban J connectivity index is 0.00000312. The van der Waals surface area contributed by atoms with E-state index in [1.54, 1.807) is 13.2 Å². The van der Waals surface area contributed by atoms with Gasteiger partial charge in [-0.2, -0.15) is 0 Å². The minimum atomic E-state index is 0. The minimum Gasteiger partial charge on any atom is -0.493 e. The van der Waals surface area contributed by atoms with E-state index >= 15 is 0 Å². The zero-order valence-corrected chi connectivity index (χ0v) is 17.7. The highest BCUT2D eigenvalue weighted by molar-refractivity contribution is 6.30. The van der Waals surface area contributed by atoms with Gasteiger partial charge in [-0.25, -0.2) is 0 Å². The first-order valence-electron chi connectivity index (χ1n) is 7.98. The summed E-state index contributed by atoms with van der Waals surface area (Å²) in [6.45, 7) is 3.02. The van der Waals surface area contributed by atoms with Gasteiger partial charge in [0.2, 0.25) is 0 Å². The SMILES string of the molecule is COc1cc(Cl)cc(CNCCN(C)C)c1OCc1ccccc1.Cl.Cl. The van der Waals surface area contributed by atoms with Crippen molar-refractivity contribution in [3.8, 4) is 11.5 Å². The average molecular weight is 422 g/mol. The molecule has 0 fully saturated rings. The first kappa shape index (κ1) is 24.8. The topological polar surface area (TPSA) is 33.7 Å². The second kappa shape index (κ2) is 13.1. The third kappa shape index (κ3) is 8.02. The summed E-state index contributed by atoms with van der Waals surface area (Å²) in [6.07, 6.45) is 0. The standard InChI is InChI=1S/C19H25ClN2O2.2ClH/c1-22(2)10-9-21-13-16-11-17(20)12-18(23-3)19(16)24-14-15-7-5-4-6-8-15;;/h4-8,11-12,21H,9-10,13-14H2,1-3H3;2*1H. The van der Waals surface area contributed by atoms with E-state index < -0.39 is 0 Å². The zero-order valence-electron chi connectivity index (χ0n) is 15.3. The number of benzene rings is 2. The van der Waals surface area contributed by atoms with Crippen molar-refractivity contribution in [2.45, 2.75) is 13.2 Å². The van der Waals surface area contributed by atoms with Gasteiger partial charge in [0.05, 0.1) is 7.11 Å². The highest BCUT2D eigenvalue weighted by Crippen LogP contribution is 2.35. The molecule has 0 bridgehead atoms. The summed E-state index contributed by atoms with van der Waals surface area (Å²) in [5.41, 5.74) is 2.11. The Morgan fingerprint density at radius 3 is 2.38 bits per heavy atom. The normalized spacial score (nSPS) is 10.0. The first-order valence-corrected chi connectivity index (χ1v) is 8.36. The van der Waals surface area contributed by atoms with Gasteiger partial charge < -0.3 is 19.7 Å². The number of likely N-dealkylation sites (N-methyl/N-ethyl adjacent to an activating group) is 1. The van der Waals surface area contributed by atoms with E-state index in [2.05, 4.69) is 24.3 Å². The van der Waals surface area contributed by atoms with E-state index in [1.165, 1.54) is 0 Å². The number of nitrogens with zero attached hydrogens (tertiary/aromatic N) is 1. The lowest BCUT2D eigenvalue weighted by Gasteiger charge is -2.17. The van der Waals surface area contributed by atoms with Crippen LogP contribution < -0.4 is 14.8 Å². The highest BCUT2D eigenvalue weighted by atomic mass is 35.5. The molecule has 7 heteroatoms. The number of hydrogen-bond donors (Lipinski definition) is 1. The van der Waals surface area contributed by atoms with E-state index in [9.17, 15) is 0 Å². The van der Waals surface area contributed by atoms with Crippen molar-refractivity contribution in [2.24, 2.45) is 0 Å². The fourth-order valence-electron chi connectivity index (χ4n) is 2.32.